The number of carbonyl (C=O) groups is 1. The number of anilines is 1. The highest BCUT2D eigenvalue weighted by Crippen LogP contribution is 2.37. The first-order valence-electron chi connectivity index (χ1n) is 6.75. The second kappa shape index (κ2) is 5.61. The Kier molecular flexibility index (Phi) is 4.30. The number of hydrogen-bond acceptors (Lipinski definition) is 3. The Balaban J connectivity index is 2.30. The molecule has 0 aromatic carbocycles. The van der Waals surface area contributed by atoms with Gasteiger partial charge in [0.25, 0.3) is 0 Å². The molecule has 1 amide bonds. The van der Waals surface area contributed by atoms with Crippen LogP contribution in [0.3, 0.4) is 0 Å². The van der Waals surface area contributed by atoms with Gasteiger partial charge in [0.15, 0.2) is 0 Å². The number of nitrogens with zero attached hydrogens (tertiary/aromatic N) is 2. The van der Waals surface area contributed by atoms with Crippen molar-refractivity contribution >= 4 is 23.5 Å². The first-order valence-corrected chi connectivity index (χ1v) is 7.13. The van der Waals surface area contributed by atoms with Crippen LogP contribution >= 0.6 is 11.6 Å². The number of aromatic nitrogens is 1. The minimum Gasteiger partial charge on any atom is -0.443 e. The van der Waals surface area contributed by atoms with Crippen LogP contribution in [0.2, 0.25) is 5.15 Å². The van der Waals surface area contributed by atoms with Gasteiger partial charge in [-0.2, -0.15) is 13.2 Å². The van der Waals surface area contributed by atoms with Crippen molar-refractivity contribution in [3.63, 3.8) is 0 Å². The van der Waals surface area contributed by atoms with Crippen molar-refractivity contribution in [3.8, 4) is 0 Å². The van der Waals surface area contributed by atoms with Crippen LogP contribution in [0.5, 0.6) is 0 Å². The minimum absolute atomic E-state index is 0.0646. The quantitative estimate of drug-likeness (QED) is 0.738. The van der Waals surface area contributed by atoms with E-state index in [0.29, 0.717) is 0 Å². The van der Waals surface area contributed by atoms with Crippen molar-refractivity contribution in [3.05, 3.63) is 22.8 Å². The lowest BCUT2D eigenvalue weighted by molar-refractivity contribution is -0.137. The highest BCUT2D eigenvalue weighted by atomic mass is 35.5. The summed E-state index contributed by atoms with van der Waals surface area (Å²) in [6.45, 7) is 5.13. The molecule has 0 saturated heterocycles. The molecule has 1 aliphatic rings. The van der Waals surface area contributed by atoms with Crippen LogP contribution < -0.4 is 4.90 Å². The van der Waals surface area contributed by atoms with E-state index < -0.39 is 28.6 Å². The fraction of sp³-hybridized carbons (Fsp3) is 0.571. The summed E-state index contributed by atoms with van der Waals surface area (Å²) in [4.78, 5) is 17.2. The standard InChI is InChI=1S/C14H16ClF3N2O2/c1-13(2,3)22-12(21)20(8-4-5-8)10-7-6-9(11(15)19-10)14(16,17)18/h6-8H,4-5H2,1-3H3. The fourth-order valence-electron chi connectivity index (χ4n) is 1.84. The number of carbonyl (C=O) groups excluding carboxylic acids is 1. The largest absolute Gasteiger partial charge is 0.443 e. The van der Waals surface area contributed by atoms with E-state index in [1.54, 1.807) is 20.8 Å². The Morgan fingerprint density at radius 1 is 1.32 bits per heavy atom. The maximum atomic E-state index is 12.7. The van der Waals surface area contributed by atoms with Gasteiger partial charge in [-0.05, 0) is 45.7 Å². The van der Waals surface area contributed by atoms with Gasteiger partial charge in [-0.25, -0.2) is 9.78 Å². The van der Waals surface area contributed by atoms with Crippen molar-refractivity contribution in [2.75, 3.05) is 4.90 Å². The van der Waals surface area contributed by atoms with E-state index in [9.17, 15) is 18.0 Å². The van der Waals surface area contributed by atoms with Gasteiger partial charge in [0.2, 0.25) is 0 Å². The van der Waals surface area contributed by atoms with E-state index in [2.05, 4.69) is 4.98 Å². The number of pyridine rings is 1. The van der Waals surface area contributed by atoms with Crippen molar-refractivity contribution in [2.45, 2.75) is 51.4 Å². The smallest absolute Gasteiger partial charge is 0.419 e. The Hall–Kier alpha value is -1.50. The highest BCUT2D eigenvalue weighted by molar-refractivity contribution is 6.30. The molecule has 22 heavy (non-hydrogen) atoms. The average molecular weight is 337 g/mol. The van der Waals surface area contributed by atoms with Crippen molar-refractivity contribution in [1.82, 2.24) is 4.98 Å². The Labute approximate surface area is 131 Å². The van der Waals surface area contributed by atoms with Crippen LogP contribution in [0.4, 0.5) is 23.8 Å². The molecule has 1 heterocycles. The van der Waals surface area contributed by atoms with Gasteiger partial charge in [-0.3, -0.25) is 4.90 Å². The topological polar surface area (TPSA) is 42.4 Å². The molecule has 1 aromatic rings. The molecule has 0 spiro atoms. The lowest BCUT2D eigenvalue weighted by Crippen LogP contribution is -2.39. The first-order chi connectivity index (χ1) is 9.99. The predicted octanol–water partition coefficient (Wildman–Crippen LogP) is 4.66. The summed E-state index contributed by atoms with van der Waals surface area (Å²) in [5.41, 5.74) is -1.74. The van der Waals surface area contributed by atoms with Crippen LogP contribution in [0, 0.1) is 0 Å². The van der Waals surface area contributed by atoms with Crippen LogP contribution in [0.1, 0.15) is 39.2 Å². The lowest BCUT2D eigenvalue weighted by atomic mass is 10.2. The summed E-state index contributed by atoms with van der Waals surface area (Å²) < 4.78 is 43.4. The molecule has 1 aromatic heterocycles. The Bertz CT molecular complexity index is 580. The van der Waals surface area contributed by atoms with E-state index in [1.807, 2.05) is 0 Å². The van der Waals surface area contributed by atoms with Gasteiger partial charge in [-0.1, -0.05) is 11.6 Å². The zero-order valence-electron chi connectivity index (χ0n) is 12.4. The summed E-state index contributed by atoms with van der Waals surface area (Å²) in [6, 6.07) is 1.84. The van der Waals surface area contributed by atoms with Crippen molar-refractivity contribution in [2.24, 2.45) is 0 Å². The van der Waals surface area contributed by atoms with Gasteiger partial charge in [-0.15, -0.1) is 0 Å². The van der Waals surface area contributed by atoms with Gasteiger partial charge in [0.1, 0.15) is 16.6 Å². The maximum absolute atomic E-state index is 12.7. The van der Waals surface area contributed by atoms with Crippen LogP contribution in [0.15, 0.2) is 12.1 Å². The molecule has 8 heteroatoms. The SMILES string of the molecule is CC(C)(C)OC(=O)N(c1ccc(C(F)(F)F)c(Cl)n1)C1CC1. The lowest BCUT2D eigenvalue weighted by Gasteiger charge is -2.27. The molecule has 1 saturated carbocycles. The molecule has 122 valence electrons. The van der Waals surface area contributed by atoms with E-state index in [1.165, 1.54) is 4.90 Å². The zero-order valence-corrected chi connectivity index (χ0v) is 13.1. The van der Waals surface area contributed by atoms with Crippen LogP contribution in [-0.2, 0) is 10.9 Å². The zero-order chi connectivity index (χ0) is 16.7. The third kappa shape index (κ3) is 4.03. The van der Waals surface area contributed by atoms with Gasteiger partial charge in [0, 0.05) is 6.04 Å². The van der Waals surface area contributed by atoms with E-state index in [0.717, 1.165) is 25.0 Å². The number of ether oxygens (including phenoxy) is 1. The molecule has 0 N–H and O–H groups in total. The molecule has 1 aliphatic carbocycles. The molecular weight excluding hydrogens is 321 g/mol. The van der Waals surface area contributed by atoms with E-state index >= 15 is 0 Å². The highest BCUT2D eigenvalue weighted by Gasteiger charge is 2.39. The molecule has 0 aliphatic heterocycles. The van der Waals surface area contributed by atoms with Crippen LogP contribution in [0.25, 0.3) is 0 Å². The summed E-state index contributed by atoms with van der Waals surface area (Å²) in [5, 5.41) is -0.681. The monoisotopic (exact) mass is 336 g/mol. The normalized spacial score (nSPS) is 15.6. The van der Waals surface area contributed by atoms with E-state index in [-0.39, 0.29) is 11.9 Å². The summed E-state index contributed by atoms with van der Waals surface area (Å²) >= 11 is 5.61. The molecule has 2 rings (SSSR count). The van der Waals surface area contributed by atoms with Crippen LogP contribution in [-0.4, -0.2) is 22.7 Å². The Morgan fingerprint density at radius 3 is 2.32 bits per heavy atom. The molecule has 1 fully saturated rings. The van der Waals surface area contributed by atoms with Gasteiger partial charge in [0.05, 0.1) is 5.56 Å². The number of alkyl halides is 3. The summed E-state index contributed by atoms with van der Waals surface area (Å²) in [6.07, 6.45) is -3.73. The Morgan fingerprint density at radius 2 is 1.91 bits per heavy atom. The number of amides is 1. The minimum atomic E-state index is -4.58. The van der Waals surface area contributed by atoms with Gasteiger partial charge >= 0.3 is 12.3 Å². The third-order valence-electron chi connectivity index (χ3n) is 2.89. The number of rotatable bonds is 2. The number of halogens is 4. The van der Waals surface area contributed by atoms with Crippen molar-refractivity contribution < 1.29 is 22.7 Å². The maximum Gasteiger partial charge on any atom is 0.419 e. The van der Waals surface area contributed by atoms with Gasteiger partial charge < -0.3 is 4.74 Å². The second-order valence-electron chi connectivity index (χ2n) is 6.09. The third-order valence-corrected chi connectivity index (χ3v) is 3.18. The summed E-state index contributed by atoms with van der Waals surface area (Å²) in [5.74, 6) is 0.0646. The first kappa shape index (κ1) is 16.9. The molecule has 4 nitrogen and oxygen atoms in total. The molecular formula is C14H16ClF3N2O2. The van der Waals surface area contributed by atoms with Crippen molar-refractivity contribution in [1.29, 1.82) is 0 Å². The van der Waals surface area contributed by atoms with E-state index in [4.69, 9.17) is 16.3 Å². The molecule has 0 atom stereocenters. The molecule has 0 unspecified atom stereocenters. The fourth-order valence-corrected chi connectivity index (χ4v) is 2.10. The number of hydrogen-bond donors (Lipinski definition) is 0. The molecule has 0 radical (unpaired) electrons. The molecule has 0 bridgehead atoms. The predicted molar refractivity (Wildman–Crippen MR) is 76.0 cm³/mol. The average Bonchev–Trinajstić information content (AvgIpc) is 3.09. The second-order valence-corrected chi connectivity index (χ2v) is 6.45. The summed E-state index contributed by atoms with van der Waals surface area (Å²) in [7, 11) is 0.